The van der Waals surface area contributed by atoms with E-state index in [2.05, 4.69) is 33.4 Å². The second-order valence-corrected chi connectivity index (χ2v) is 7.86. The Morgan fingerprint density at radius 3 is 2.77 bits per heavy atom. The minimum atomic E-state index is -0.338. The number of hydrogen-bond acceptors (Lipinski definition) is 4. The van der Waals surface area contributed by atoms with E-state index in [4.69, 9.17) is 4.74 Å². The molecule has 1 aliphatic heterocycles. The molecule has 0 spiro atoms. The van der Waals surface area contributed by atoms with Crippen molar-refractivity contribution < 1.29 is 9.53 Å². The van der Waals surface area contributed by atoms with Gasteiger partial charge in [-0.05, 0) is 47.7 Å². The van der Waals surface area contributed by atoms with E-state index < -0.39 is 0 Å². The number of ether oxygens (including phenoxy) is 1. The smallest absolute Gasteiger partial charge is 0.241 e. The Kier molecular flexibility index (Phi) is 6.63. The summed E-state index contributed by atoms with van der Waals surface area (Å²) in [7, 11) is 3.40. The summed E-state index contributed by atoms with van der Waals surface area (Å²) in [4.78, 5) is 20.0. The van der Waals surface area contributed by atoms with Crippen LogP contribution >= 0.6 is 0 Å². The van der Waals surface area contributed by atoms with Gasteiger partial charge in [0.1, 0.15) is 11.8 Å². The summed E-state index contributed by atoms with van der Waals surface area (Å²) in [6.45, 7) is 0.791. The van der Waals surface area contributed by atoms with E-state index in [-0.39, 0.29) is 18.0 Å². The van der Waals surface area contributed by atoms with Crippen LogP contribution in [0.15, 0.2) is 72.9 Å². The number of rotatable bonds is 7. The minimum absolute atomic E-state index is 0.0184. The summed E-state index contributed by atoms with van der Waals surface area (Å²) in [6, 6.07) is 22.2. The monoisotopic (exact) mass is 415 g/mol. The predicted molar refractivity (Wildman–Crippen MR) is 122 cm³/mol. The molecular formula is C26H29N3O2. The highest BCUT2D eigenvalue weighted by atomic mass is 16.5. The lowest BCUT2D eigenvalue weighted by atomic mass is 9.89. The Balaban J connectivity index is 1.68. The number of fused-ring (bicyclic) bond motifs is 1. The summed E-state index contributed by atoms with van der Waals surface area (Å²) in [5.74, 6) is 0.887. The molecule has 4 rings (SSSR count). The number of methoxy groups -OCH3 is 1. The van der Waals surface area contributed by atoms with Gasteiger partial charge in [-0.1, -0.05) is 48.5 Å². The van der Waals surface area contributed by atoms with Crippen molar-refractivity contribution in [2.75, 3.05) is 20.7 Å². The SMILES string of the molecule is CNC(=O)C(c1ccccc1)N1CCc2ncccc2C1CCc1cccc(OC)c1. The molecule has 5 nitrogen and oxygen atoms in total. The van der Waals surface area contributed by atoms with Crippen LogP contribution in [0.1, 0.15) is 40.9 Å². The predicted octanol–water partition coefficient (Wildman–Crippen LogP) is 4.11. The first-order valence-corrected chi connectivity index (χ1v) is 10.8. The zero-order valence-electron chi connectivity index (χ0n) is 18.1. The Bertz CT molecular complexity index is 1020. The van der Waals surface area contributed by atoms with Crippen molar-refractivity contribution in [1.82, 2.24) is 15.2 Å². The molecular weight excluding hydrogens is 386 g/mol. The number of benzene rings is 2. The summed E-state index contributed by atoms with van der Waals surface area (Å²) in [5, 5.41) is 2.88. The van der Waals surface area contributed by atoms with Crippen molar-refractivity contribution in [3.05, 3.63) is 95.3 Å². The largest absolute Gasteiger partial charge is 0.497 e. The van der Waals surface area contributed by atoms with E-state index in [1.54, 1.807) is 14.2 Å². The number of pyridine rings is 1. The number of likely N-dealkylation sites (N-methyl/N-ethyl adjacent to an activating group) is 1. The van der Waals surface area contributed by atoms with Crippen LogP contribution < -0.4 is 10.1 Å². The molecule has 1 N–H and O–H groups in total. The molecule has 1 aliphatic rings. The van der Waals surface area contributed by atoms with Crippen LogP contribution in [0.25, 0.3) is 0 Å². The maximum atomic E-state index is 13.0. The Morgan fingerprint density at radius 1 is 1.16 bits per heavy atom. The van der Waals surface area contributed by atoms with Crippen LogP contribution in [-0.4, -0.2) is 36.5 Å². The third-order valence-corrected chi connectivity index (χ3v) is 6.07. The zero-order valence-corrected chi connectivity index (χ0v) is 18.1. The van der Waals surface area contributed by atoms with Crippen molar-refractivity contribution in [3.8, 4) is 5.75 Å². The van der Waals surface area contributed by atoms with E-state index in [1.807, 2.05) is 54.7 Å². The molecule has 2 heterocycles. The van der Waals surface area contributed by atoms with Gasteiger partial charge in [0.25, 0.3) is 0 Å². The number of carbonyl (C=O) groups is 1. The molecule has 0 aliphatic carbocycles. The average Bonchev–Trinajstić information content (AvgIpc) is 2.84. The zero-order chi connectivity index (χ0) is 21.6. The lowest BCUT2D eigenvalue weighted by molar-refractivity contribution is -0.127. The number of nitrogens with one attached hydrogen (secondary N) is 1. The van der Waals surface area contributed by atoms with Crippen LogP contribution in [0.4, 0.5) is 0 Å². The van der Waals surface area contributed by atoms with Gasteiger partial charge in [-0.2, -0.15) is 0 Å². The fourth-order valence-electron chi connectivity index (χ4n) is 4.56. The molecule has 2 unspecified atom stereocenters. The first-order valence-electron chi connectivity index (χ1n) is 10.8. The van der Waals surface area contributed by atoms with E-state index in [0.717, 1.165) is 42.8 Å². The number of hydrogen-bond donors (Lipinski definition) is 1. The topological polar surface area (TPSA) is 54.5 Å². The molecule has 1 aromatic heterocycles. The molecule has 2 atom stereocenters. The maximum Gasteiger partial charge on any atom is 0.241 e. The summed E-state index contributed by atoms with van der Waals surface area (Å²) >= 11 is 0. The molecule has 2 aromatic carbocycles. The van der Waals surface area contributed by atoms with Crippen LogP contribution in [-0.2, 0) is 17.6 Å². The van der Waals surface area contributed by atoms with E-state index in [1.165, 1.54) is 11.1 Å². The van der Waals surface area contributed by atoms with E-state index >= 15 is 0 Å². The van der Waals surface area contributed by atoms with Crippen LogP contribution in [0.3, 0.4) is 0 Å². The van der Waals surface area contributed by atoms with Gasteiger partial charge in [0.05, 0.1) is 7.11 Å². The van der Waals surface area contributed by atoms with Gasteiger partial charge in [-0.15, -0.1) is 0 Å². The summed E-state index contributed by atoms with van der Waals surface area (Å²) in [5.41, 5.74) is 4.60. The molecule has 160 valence electrons. The molecule has 0 saturated carbocycles. The second kappa shape index (κ2) is 9.75. The minimum Gasteiger partial charge on any atom is -0.497 e. The van der Waals surface area contributed by atoms with Crippen molar-refractivity contribution >= 4 is 5.91 Å². The lowest BCUT2D eigenvalue weighted by Crippen LogP contribution is -2.45. The first kappa shape index (κ1) is 21.1. The number of nitrogens with zero attached hydrogens (tertiary/aromatic N) is 2. The number of aromatic nitrogens is 1. The van der Waals surface area contributed by atoms with Gasteiger partial charge in [0.2, 0.25) is 5.91 Å². The third-order valence-electron chi connectivity index (χ3n) is 6.07. The van der Waals surface area contributed by atoms with Crippen LogP contribution in [0.5, 0.6) is 5.75 Å². The van der Waals surface area contributed by atoms with Crippen molar-refractivity contribution in [3.63, 3.8) is 0 Å². The Labute approximate surface area is 184 Å². The van der Waals surface area contributed by atoms with Gasteiger partial charge in [-0.3, -0.25) is 14.7 Å². The fraction of sp³-hybridized carbons (Fsp3) is 0.308. The highest BCUT2D eigenvalue weighted by molar-refractivity contribution is 5.83. The standard InChI is InChI=1S/C26H29N3O2/c1-27-26(30)25(20-9-4-3-5-10-20)29-17-15-23-22(12-7-16-28-23)24(29)14-13-19-8-6-11-21(18-19)31-2/h3-12,16,18,24-25H,13-15,17H2,1-2H3,(H,27,30). The highest BCUT2D eigenvalue weighted by Crippen LogP contribution is 2.38. The summed E-state index contributed by atoms with van der Waals surface area (Å²) in [6.07, 6.45) is 4.49. The Hall–Kier alpha value is -3.18. The second-order valence-electron chi connectivity index (χ2n) is 7.86. The molecule has 5 heteroatoms. The molecule has 0 bridgehead atoms. The molecule has 31 heavy (non-hydrogen) atoms. The number of amides is 1. The molecule has 0 saturated heterocycles. The Morgan fingerprint density at radius 2 is 2.00 bits per heavy atom. The average molecular weight is 416 g/mol. The molecule has 0 fully saturated rings. The van der Waals surface area contributed by atoms with Crippen LogP contribution in [0.2, 0.25) is 0 Å². The normalized spacial score (nSPS) is 16.9. The van der Waals surface area contributed by atoms with Gasteiger partial charge in [0.15, 0.2) is 0 Å². The van der Waals surface area contributed by atoms with Crippen LogP contribution in [0, 0.1) is 0 Å². The van der Waals surface area contributed by atoms with E-state index in [0.29, 0.717) is 0 Å². The lowest BCUT2D eigenvalue weighted by Gasteiger charge is -2.41. The number of carbonyl (C=O) groups excluding carboxylic acids is 1. The highest BCUT2D eigenvalue weighted by Gasteiger charge is 2.36. The van der Waals surface area contributed by atoms with Gasteiger partial charge in [-0.25, -0.2) is 0 Å². The van der Waals surface area contributed by atoms with Crippen molar-refractivity contribution in [2.45, 2.75) is 31.3 Å². The molecule has 0 radical (unpaired) electrons. The maximum absolute atomic E-state index is 13.0. The summed E-state index contributed by atoms with van der Waals surface area (Å²) < 4.78 is 5.39. The quantitative estimate of drug-likeness (QED) is 0.631. The van der Waals surface area contributed by atoms with E-state index in [9.17, 15) is 4.79 Å². The van der Waals surface area contributed by atoms with Crippen molar-refractivity contribution in [2.24, 2.45) is 0 Å². The van der Waals surface area contributed by atoms with Gasteiger partial charge < -0.3 is 10.1 Å². The van der Waals surface area contributed by atoms with Crippen molar-refractivity contribution in [1.29, 1.82) is 0 Å². The van der Waals surface area contributed by atoms with Gasteiger partial charge >= 0.3 is 0 Å². The third kappa shape index (κ3) is 4.62. The molecule has 3 aromatic rings. The fourth-order valence-corrected chi connectivity index (χ4v) is 4.56. The molecule has 1 amide bonds. The number of aryl methyl sites for hydroxylation is 1. The first-order chi connectivity index (χ1) is 15.2. The van der Waals surface area contributed by atoms with Gasteiger partial charge in [0, 0.05) is 37.9 Å².